The Kier molecular flexibility index (Phi) is 3.33. The summed E-state index contributed by atoms with van der Waals surface area (Å²) in [5.74, 6) is 4.60. The predicted octanol–water partition coefficient (Wildman–Crippen LogP) is 0.954. The van der Waals surface area contributed by atoms with Crippen molar-refractivity contribution in [3.05, 3.63) is 0 Å². The fourth-order valence-corrected chi connectivity index (χ4v) is 2.59. The number of rotatable bonds is 0. The van der Waals surface area contributed by atoms with E-state index in [2.05, 4.69) is 5.87 Å². The predicted molar refractivity (Wildman–Crippen MR) is 62.8 cm³/mol. The highest BCUT2D eigenvalue weighted by Gasteiger charge is 2.26. The lowest BCUT2D eigenvalue weighted by molar-refractivity contribution is 0.0268. The van der Waals surface area contributed by atoms with Gasteiger partial charge >= 0.3 is 6.09 Å². The summed E-state index contributed by atoms with van der Waals surface area (Å²) in [6.45, 7) is 6.46. The summed E-state index contributed by atoms with van der Waals surface area (Å²) in [6, 6.07) is 0. The molecule has 0 radical (unpaired) electrons. The van der Waals surface area contributed by atoms with Gasteiger partial charge in [-0.1, -0.05) is 0 Å². The van der Waals surface area contributed by atoms with Crippen LogP contribution in [0.1, 0.15) is 20.8 Å². The second-order valence-electron chi connectivity index (χ2n) is 4.84. The average molecular weight is 233 g/mol. The van der Waals surface area contributed by atoms with Crippen LogP contribution >= 0.6 is 0 Å². The molecule has 88 valence electrons. The van der Waals surface area contributed by atoms with Gasteiger partial charge in [-0.25, -0.2) is 4.79 Å². The van der Waals surface area contributed by atoms with E-state index in [1.807, 2.05) is 20.8 Å². The van der Waals surface area contributed by atoms with Gasteiger partial charge in [-0.2, -0.15) is 0 Å². The van der Waals surface area contributed by atoms with Crippen LogP contribution in [0.3, 0.4) is 0 Å². The lowest BCUT2D eigenvalue weighted by Crippen LogP contribution is -2.45. The first-order chi connectivity index (χ1) is 6.70. The topological polar surface area (TPSA) is 46.6 Å². The first kappa shape index (κ1) is 12.4. The van der Waals surface area contributed by atoms with Crippen molar-refractivity contribution in [1.82, 2.24) is 4.90 Å². The van der Waals surface area contributed by atoms with Crippen LogP contribution in [-0.4, -0.2) is 51.3 Å². The molecule has 1 heterocycles. The van der Waals surface area contributed by atoms with E-state index in [0.29, 0.717) is 24.6 Å². The number of hydrogen-bond donors (Lipinski definition) is 0. The molecule has 1 fully saturated rings. The maximum atomic E-state index is 11.6. The summed E-state index contributed by atoms with van der Waals surface area (Å²) in [5.41, 5.74) is -0.472. The molecule has 4 nitrogen and oxygen atoms in total. The molecule has 0 spiro atoms. The third-order valence-electron chi connectivity index (χ3n) is 2.12. The minimum absolute atomic E-state index is 0.322. The molecule has 0 aliphatic carbocycles. The van der Waals surface area contributed by atoms with Crippen molar-refractivity contribution in [2.45, 2.75) is 26.4 Å². The number of carbonyl (C=O) groups excluding carboxylic acids is 1. The minimum Gasteiger partial charge on any atom is -0.444 e. The standard InChI is InChI=1S/C10H19NO3S/c1-10(2,3)14-9(12)11-5-7-15(4,13)8-6-11/h4-8H2,1-3H3. The van der Waals surface area contributed by atoms with E-state index in [4.69, 9.17) is 4.74 Å². The molecular weight excluding hydrogens is 214 g/mol. The number of nitrogens with zero attached hydrogens (tertiary/aromatic N) is 1. The van der Waals surface area contributed by atoms with Crippen molar-refractivity contribution in [2.24, 2.45) is 0 Å². The van der Waals surface area contributed by atoms with E-state index in [1.54, 1.807) is 4.90 Å². The van der Waals surface area contributed by atoms with Gasteiger partial charge in [-0.05, 0) is 36.2 Å². The monoisotopic (exact) mass is 233 g/mol. The molecule has 0 saturated carbocycles. The zero-order valence-electron chi connectivity index (χ0n) is 9.62. The lowest BCUT2D eigenvalue weighted by atomic mass is 10.2. The van der Waals surface area contributed by atoms with Crippen LogP contribution in [0.25, 0.3) is 0 Å². The molecule has 0 bridgehead atoms. The second-order valence-corrected chi connectivity index (χ2v) is 7.59. The summed E-state index contributed by atoms with van der Waals surface area (Å²) in [7, 11) is -1.94. The molecule has 5 heteroatoms. The average Bonchev–Trinajstić information content (AvgIpc) is 2.00. The molecule has 0 unspecified atom stereocenters. The Bertz CT molecular complexity index is 326. The van der Waals surface area contributed by atoms with Crippen molar-refractivity contribution in [3.63, 3.8) is 0 Å². The smallest absolute Gasteiger partial charge is 0.410 e. The van der Waals surface area contributed by atoms with Crippen molar-refractivity contribution in [1.29, 1.82) is 0 Å². The van der Waals surface area contributed by atoms with Gasteiger partial charge in [0.1, 0.15) is 5.60 Å². The van der Waals surface area contributed by atoms with Gasteiger partial charge < -0.3 is 9.64 Å². The Labute approximate surface area is 91.6 Å². The molecule has 15 heavy (non-hydrogen) atoms. The Hall–Kier alpha value is -0.710. The Morgan fingerprint density at radius 3 is 2.20 bits per heavy atom. The van der Waals surface area contributed by atoms with E-state index in [-0.39, 0.29) is 6.09 Å². The molecule has 1 aliphatic heterocycles. The summed E-state index contributed by atoms with van der Waals surface area (Å²) in [5, 5.41) is 0. The van der Waals surface area contributed by atoms with Gasteiger partial charge in [0.05, 0.1) is 0 Å². The quantitative estimate of drug-likeness (QED) is 0.585. The van der Waals surface area contributed by atoms with Crippen LogP contribution in [-0.2, 0) is 14.3 Å². The third kappa shape index (κ3) is 4.11. The van der Waals surface area contributed by atoms with Crippen LogP contribution in [0.2, 0.25) is 0 Å². The normalized spacial score (nSPS) is 21.1. The molecule has 1 rings (SSSR count). The van der Waals surface area contributed by atoms with E-state index < -0.39 is 15.1 Å². The van der Waals surface area contributed by atoms with Crippen molar-refractivity contribution < 1.29 is 13.7 Å². The van der Waals surface area contributed by atoms with Gasteiger partial charge in [-0.3, -0.25) is 4.21 Å². The lowest BCUT2D eigenvalue weighted by Gasteiger charge is -2.31. The first-order valence-corrected chi connectivity index (χ1v) is 7.07. The van der Waals surface area contributed by atoms with Gasteiger partial charge in [0.15, 0.2) is 0 Å². The Balaban J connectivity index is 2.51. The Morgan fingerprint density at radius 2 is 1.80 bits per heavy atom. The molecule has 0 aromatic rings. The number of amides is 1. The number of ether oxygens (including phenoxy) is 1. The molecule has 0 N–H and O–H groups in total. The zero-order chi connectivity index (χ0) is 11.7. The van der Waals surface area contributed by atoms with E-state index in [9.17, 15) is 9.00 Å². The molecule has 1 amide bonds. The summed E-state index contributed by atoms with van der Waals surface area (Å²) in [4.78, 5) is 13.2. The van der Waals surface area contributed by atoms with Crippen LogP contribution in [0.5, 0.6) is 0 Å². The van der Waals surface area contributed by atoms with Crippen LogP contribution < -0.4 is 0 Å². The zero-order valence-corrected chi connectivity index (χ0v) is 10.4. The maximum Gasteiger partial charge on any atom is 0.410 e. The number of carbonyl (C=O) groups is 1. The van der Waals surface area contributed by atoms with Gasteiger partial charge in [0.25, 0.3) is 0 Å². The third-order valence-corrected chi connectivity index (χ3v) is 3.97. The van der Waals surface area contributed by atoms with E-state index >= 15 is 0 Å². The van der Waals surface area contributed by atoms with Crippen LogP contribution in [0.4, 0.5) is 4.79 Å². The molecule has 0 aromatic carbocycles. The first-order valence-electron chi connectivity index (χ1n) is 5.00. The fourth-order valence-electron chi connectivity index (χ4n) is 1.28. The van der Waals surface area contributed by atoms with Gasteiger partial charge in [-0.15, -0.1) is 0 Å². The van der Waals surface area contributed by atoms with Crippen molar-refractivity contribution >= 4 is 21.5 Å². The van der Waals surface area contributed by atoms with Crippen LogP contribution in [0, 0.1) is 0 Å². The van der Waals surface area contributed by atoms with E-state index in [1.165, 1.54) is 0 Å². The summed E-state index contributed by atoms with van der Waals surface area (Å²) < 4.78 is 16.8. The molecule has 0 atom stereocenters. The van der Waals surface area contributed by atoms with Crippen LogP contribution in [0.15, 0.2) is 0 Å². The molecule has 1 saturated heterocycles. The van der Waals surface area contributed by atoms with Gasteiger partial charge in [0.2, 0.25) is 0 Å². The molecular formula is C10H19NO3S. The van der Waals surface area contributed by atoms with Crippen molar-refractivity contribution in [2.75, 3.05) is 24.6 Å². The summed E-state index contributed by atoms with van der Waals surface area (Å²) in [6.07, 6.45) is -0.322. The SMILES string of the molecule is C=S1(=O)CCN(C(=O)OC(C)(C)C)CC1. The number of hydrogen-bond acceptors (Lipinski definition) is 3. The van der Waals surface area contributed by atoms with Crippen molar-refractivity contribution in [3.8, 4) is 0 Å². The highest BCUT2D eigenvalue weighted by Crippen LogP contribution is 2.12. The molecule has 1 aliphatic rings. The highest BCUT2D eigenvalue weighted by atomic mass is 32.2. The highest BCUT2D eigenvalue weighted by molar-refractivity contribution is 8.00. The fraction of sp³-hybridized carbons (Fsp3) is 0.800. The van der Waals surface area contributed by atoms with E-state index in [0.717, 1.165) is 0 Å². The maximum absolute atomic E-state index is 11.6. The minimum atomic E-state index is -1.94. The van der Waals surface area contributed by atoms with Gasteiger partial charge in [0, 0.05) is 24.6 Å². The largest absolute Gasteiger partial charge is 0.444 e. The summed E-state index contributed by atoms with van der Waals surface area (Å²) >= 11 is 0. The second kappa shape index (κ2) is 4.04. The Morgan fingerprint density at radius 1 is 1.33 bits per heavy atom. The molecule has 0 aromatic heterocycles.